The standard InChI is InChI=1S/C19H20N2O/c1-19-12-7-13-20(19)17-11-6-5-10-16(17)18(22)21(19)14-15-8-3-2-4-9-15/h2-6,8-11H,7,12-14H2,1H3/t19-/m1/s1. The third-order valence-corrected chi connectivity index (χ3v) is 5.05. The fourth-order valence-corrected chi connectivity index (χ4v) is 3.87. The van der Waals surface area contributed by atoms with E-state index >= 15 is 0 Å². The summed E-state index contributed by atoms with van der Waals surface area (Å²) < 4.78 is 0. The Hall–Kier alpha value is -2.29. The van der Waals surface area contributed by atoms with Crippen LogP contribution < -0.4 is 4.90 Å². The average Bonchev–Trinajstić information content (AvgIpc) is 2.95. The van der Waals surface area contributed by atoms with E-state index in [2.05, 4.69) is 34.9 Å². The summed E-state index contributed by atoms with van der Waals surface area (Å²) >= 11 is 0. The Morgan fingerprint density at radius 3 is 2.59 bits per heavy atom. The zero-order valence-electron chi connectivity index (χ0n) is 12.8. The second-order valence-electron chi connectivity index (χ2n) is 6.37. The number of rotatable bonds is 2. The maximum atomic E-state index is 13.1. The molecule has 112 valence electrons. The molecule has 1 fully saturated rings. The summed E-state index contributed by atoms with van der Waals surface area (Å²) in [6.45, 7) is 3.89. The minimum Gasteiger partial charge on any atom is -0.348 e. The van der Waals surface area contributed by atoms with Crippen LogP contribution in [0, 0.1) is 0 Å². The smallest absolute Gasteiger partial charge is 0.258 e. The first-order valence-corrected chi connectivity index (χ1v) is 7.93. The SMILES string of the molecule is C[C@@]12CCCN1c1ccccc1C(=O)N2Cc1ccccc1. The molecule has 2 aromatic carbocycles. The van der Waals surface area contributed by atoms with Crippen LogP contribution in [0.5, 0.6) is 0 Å². The van der Waals surface area contributed by atoms with Crippen molar-refractivity contribution in [1.29, 1.82) is 0 Å². The van der Waals surface area contributed by atoms with Gasteiger partial charge in [0, 0.05) is 13.1 Å². The van der Waals surface area contributed by atoms with Crippen LogP contribution >= 0.6 is 0 Å². The van der Waals surface area contributed by atoms with Crippen LogP contribution in [0.2, 0.25) is 0 Å². The molecular weight excluding hydrogens is 272 g/mol. The summed E-state index contributed by atoms with van der Waals surface area (Å²) in [4.78, 5) is 17.5. The molecule has 1 amide bonds. The number of para-hydroxylation sites is 1. The van der Waals surface area contributed by atoms with Gasteiger partial charge in [-0.2, -0.15) is 0 Å². The van der Waals surface area contributed by atoms with Crippen molar-refractivity contribution in [2.45, 2.75) is 32.0 Å². The molecule has 2 heterocycles. The van der Waals surface area contributed by atoms with Gasteiger partial charge in [0.1, 0.15) is 5.66 Å². The van der Waals surface area contributed by atoms with Crippen LogP contribution in [0.15, 0.2) is 54.6 Å². The summed E-state index contributed by atoms with van der Waals surface area (Å²) in [6, 6.07) is 18.3. The molecule has 2 aliphatic rings. The Morgan fingerprint density at radius 1 is 1.05 bits per heavy atom. The lowest BCUT2D eigenvalue weighted by Crippen LogP contribution is -2.60. The number of carbonyl (C=O) groups is 1. The predicted octanol–water partition coefficient (Wildman–Crippen LogP) is 3.66. The van der Waals surface area contributed by atoms with Crippen molar-refractivity contribution in [2.24, 2.45) is 0 Å². The first-order chi connectivity index (χ1) is 10.7. The summed E-state index contributed by atoms with van der Waals surface area (Å²) in [5.41, 5.74) is 2.90. The van der Waals surface area contributed by atoms with Crippen molar-refractivity contribution in [3.8, 4) is 0 Å². The van der Waals surface area contributed by atoms with Crippen molar-refractivity contribution >= 4 is 11.6 Å². The number of amides is 1. The van der Waals surface area contributed by atoms with Gasteiger partial charge in [0.15, 0.2) is 0 Å². The Balaban J connectivity index is 1.79. The van der Waals surface area contributed by atoms with Crippen molar-refractivity contribution < 1.29 is 4.79 Å². The zero-order chi connectivity index (χ0) is 15.2. The van der Waals surface area contributed by atoms with Crippen LogP contribution in [0.1, 0.15) is 35.7 Å². The van der Waals surface area contributed by atoms with Gasteiger partial charge in [0.25, 0.3) is 5.91 Å². The minimum atomic E-state index is -0.207. The lowest BCUT2D eigenvalue weighted by Gasteiger charge is -2.50. The molecule has 0 unspecified atom stereocenters. The fraction of sp³-hybridized carbons (Fsp3) is 0.316. The van der Waals surface area contributed by atoms with E-state index in [0.29, 0.717) is 6.54 Å². The molecule has 1 saturated heterocycles. The van der Waals surface area contributed by atoms with E-state index < -0.39 is 0 Å². The monoisotopic (exact) mass is 292 g/mol. The van der Waals surface area contributed by atoms with Crippen LogP contribution in [0.4, 0.5) is 5.69 Å². The maximum absolute atomic E-state index is 13.1. The average molecular weight is 292 g/mol. The molecule has 2 aromatic rings. The third kappa shape index (κ3) is 1.85. The van der Waals surface area contributed by atoms with Gasteiger partial charge in [-0.1, -0.05) is 42.5 Å². The Kier molecular flexibility index (Phi) is 2.96. The van der Waals surface area contributed by atoms with Crippen molar-refractivity contribution in [2.75, 3.05) is 11.4 Å². The fourth-order valence-electron chi connectivity index (χ4n) is 3.87. The first-order valence-electron chi connectivity index (χ1n) is 7.93. The minimum absolute atomic E-state index is 0.153. The van der Waals surface area contributed by atoms with Gasteiger partial charge in [-0.3, -0.25) is 4.79 Å². The quantitative estimate of drug-likeness (QED) is 0.843. The van der Waals surface area contributed by atoms with Gasteiger partial charge >= 0.3 is 0 Å². The van der Waals surface area contributed by atoms with E-state index in [0.717, 1.165) is 30.6 Å². The summed E-state index contributed by atoms with van der Waals surface area (Å²) in [6.07, 6.45) is 2.16. The van der Waals surface area contributed by atoms with E-state index in [1.807, 2.05) is 36.4 Å². The third-order valence-electron chi connectivity index (χ3n) is 5.05. The lowest BCUT2D eigenvalue weighted by molar-refractivity contribution is 0.0470. The molecule has 2 aliphatic heterocycles. The van der Waals surface area contributed by atoms with Crippen LogP contribution in [-0.2, 0) is 6.54 Å². The summed E-state index contributed by atoms with van der Waals surface area (Å²) in [5, 5.41) is 0. The molecule has 0 spiro atoms. The number of carbonyl (C=O) groups excluding carboxylic acids is 1. The van der Waals surface area contributed by atoms with Gasteiger partial charge in [-0.15, -0.1) is 0 Å². The van der Waals surface area contributed by atoms with Crippen LogP contribution in [0.25, 0.3) is 0 Å². The zero-order valence-corrected chi connectivity index (χ0v) is 12.8. The van der Waals surface area contributed by atoms with Gasteiger partial charge in [0.2, 0.25) is 0 Å². The highest BCUT2D eigenvalue weighted by molar-refractivity contribution is 6.02. The van der Waals surface area contributed by atoms with E-state index in [4.69, 9.17) is 0 Å². The first kappa shape index (κ1) is 13.4. The molecule has 0 saturated carbocycles. The highest BCUT2D eigenvalue weighted by atomic mass is 16.2. The molecule has 0 radical (unpaired) electrons. The van der Waals surface area contributed by atoms with E-state index in [1.165, 1.54) is 5.56 Å². The van der Waals surface area contributed by atoms with E-state index in [1.54, 1.807) is 0 Å². The van der Waals surface area contributed by atoms with Gasteiger partial charge < -0.3 is 9.80 Å². The molecule has 0 bridgehead atoms. The van der Waals surface area contributed by atoms with Gasteiger partial charge in [0.05, 0.1) is 11.3 Å². The second kappa shape index (κ2) is 4.87. The Bertz CT molecular complexity index is 712. The molecule has 1 atom stereocenters. The Morgan fingerprint density at radius 2 is 1.77 bits per heavy atom. The number of fused-ring (bicyclic) bond motifs is 3. The van der Waals surface area contributed by atoms with Crippen molar-refractivity contribution in [3.05, 3.63) is 65.7 Å². The number of benzene rings is 2. The predicted molar refractivity (Wildman–Crippen MR) is 87.7 cm³/mol. The summed E-state index contributed by atoms with van der Waals surface area (Å²) in [7, 11) is 0. The largest absolute Gasteiger partial charge is 0.348 e. The molecular formula is C19H20N2O. The number of hydrogen-bond acceptors (Lipinski definition) is 2. The highest BCUT2D eigenvalue weighted by Gasteiger charge is 2.48. The molecule has 0 aliphatic carbocycles. The Labute approximate surface area is 131 Å². The van der Waals surface area contributed by atoms with Crippen LogP contribution in [0.3, 0.4) is 0 Å². The summed E-state index contributed by atoms with van der Waals surface area (Å²) in [5.74, 6) is 0.153. The van der Waals surface area contributed by atoms with Crippen molar-refractivity contribution in [3.63, 3.8) is 0 Å². The molecule has 3 heteroatoms. The second-order valence-corrected chi connectivity index (χ2v) is 6.37. The van der Waals surface area contributed by atoms with E-state index in [9.17, 15) is 4.79 Å². The number of nitrogens with zero attached hydrogens (tertiary/aromatic N) is 2. The molecule has 4 rings (SSSR count). The van der Waals surface area contributed by atoms with E-state index in [-0.39, 0.29) is 11.6 Å². The number of hydrogen-bond donors (Lipinski definition) is 0. The van der Waals surface area contributed by atoms with Gasteiger partial charge in [-0.05, 0) is 37.5 Å². The van der Waals surface area contributed by atoms with Crippen LogP contribution in [-0.4, -0.2) is 23.0 Å². The topological polar surface area (TPSA) is 23.6 Å². The molecule has 0 N–H and O–H groups in total. The maximum Gasteiger partial charge on any atom is 0.258 e. The lowest BCUT2D eigenvalue weighted by atomic mass is 9.97. The van der Waals surface area contributed by atoms with Gasteiger partial charge in [-0.25, -0.2) is 0 Å². The molecule has 3 nitrogen and oxygen atoms in total. The highest BCUT2D eigenvalue weighted by Crippen LogP contribution is 2.43. The molecule has 22 heavy (non-hydrogen) atoms. The number of anilines is 1. The molecule has 0 aromatic heterocycles. The normalized spacial score (nSPS) is 23.4. The van der Waals surface area contributed by atoms with Crippen molar-refractivity contribution in [1.82, 2.24) is 4.90 Å².